The number of likely N-dealkylation sites (tertiary alicyclic amines) is 1. The summed E-state index contributed by atoms with van der Waals surface area (Å²) in [6.45, 7) is 4.58. The predicted molar refractivity (Wildman–Crippen MR) is 167 cm³/mol. The van der Waals surface area contributed by atoms with Crippen molar-refractivity contribution >= 4 is 28.0 Å². The lowest BCUT2D eigenvalue weighted by Crippen LogP contribution is -2.84. The number of nitrogens with zero attached hydrogens (tertiary/aromatic N) is 1. The van der Waals surface area contributed by atoms with Crippen LogP contribution in [-0.4, -0.2) is 131 Å². The molecule has 6 N–H and O–H groups in total. The Hall–Kier alpha value is -2.25. The van der Waals surface area contributed by atoms with Gasteiger partial charge in [-0.2, -0.15) is 8.42 Å². The summed E-state index contributed by atoms with van der Waals surface area (Å²) in [5, 5.41) is 40.6. The number of anilines is 1. The average molecular weight is 699 g/mol. The first-order valence-electron chi connectivity index (χ1n) is 16.2. The maximum Gasteiger partial charge on any atom is 0.394 e. The SMILES string of the molecule is CCN1C[C@]2(OC(=O)c3ccccc3NC(C)=O)CC[C@H](OC)[C@]34C1[C@H](C[C@H]23)[C@@]1(O)C[C@H](OC)[C@@]2(O)C[C@@H]4[C@]1(O)[C@H]2OC.O=S(=O)(O)O. The number of para-hydroxylation sites is 1. The van der Waals surface area contributed by atoms with Crippen LogP contribution in [0, 0.1) is 23.2 Å². The minimum Gasteiger partial charge on any atom is -0.454 e. The smallest absolute Gasteiger partial charge is 0.394 e. The lowest BCUT2D eigenvalue weighted by molar-refractivity contribution is -0.347. The molecule has 6 fully saturated rings. The molecule has 0 aromatic heterocycles. The minimum atomic E-state index is -4.67. The Bertz CT molecular complexity index is 1570. The lowest BCUT2D eigenvalue weighted by Gasteiger charge is -2.70. The summed E-state index contributed by atoms with van der Waals surface area (Å²) < 4.78 is 56.3. The molecule has 1 aromatic rings. The quantitative estimate of drug-likeness (QED) is 0.170. The first-order chi connectivity index (χ1) is 22.4. The van der Waals surface area contributed by atoms with E-state index in [1.165, 1.54) is 21.1 Å². The van der Waals surface area contributed by atoms with Crippen molar-refractivity contribution in [2.75, 3.05) is 39.7 Å². The van der Waals surface area contributed by atoms with Gasteiger partial charge in [-0.05, 0) is 44.4 Å². The fraction of sp³-hybridized carbons (Fsp3) is 0.750. The highest BCUT2D eigenvalue weighted by atomic mass is 32.3. The number of nitrogens with one attached hydrogen (secondary N) is 1. The van der Waals surface area contributed by atoms with Gasteiger partial charge >= 0.3 is 16.4 Å². The molecule has 1 unspecified atom stereocenters. The average Bonchev–Trinajstić information content (AvgIpc) is 3.39. The van der Waals surface area contributed by atoms with Crippen LogP contribution in [0.3, 0.4) is 0 Å². The third-order valence-electron chi connectivity index (χ3n) is 12.7. The van der Waals surface area contributed by atoms with Crippen molar-refractivity contribution in [1.82, 2.24) is 4.90 Å². The number of esters is 1. The maximum atomic E-state index is 14.0. The molecule has 7 bridgehead atoms. The van der Waals surface area contributed by atoms with E-state index in [1.54, 1.807) is 31.4 Å². The van der Waals surface area contributed by atoms with Gasteiger partial charge in [-0.25, -0.2) is 4.79 Å². The van der Waals surface area contributed by atoms with Crippen LogP contribution in [0.25, 0.3) is 0 Å². The fourth-order valence-electron chi connectivity index (χ4n) is 11.6. The van der Waals surface area contributed by atoms with Gasteiger partial charge in [-0.15, -0.1) is 0 Å². The highest BCUT2D eigenvalue weighted by molar-refractivity contribution is 7.79. The third-order valence-corrected chi connectivity index (χ3v) is 12.7. The number of likely N-dealkylation sites (N-methyl/N-ethyl adjacent to an activating group) is 1. The summed E-state index contributed by atoms with van der Waals surface area (Å²) in [7, 11) is 0.0173. The van der Waals surface area contributed by atoms with Crippen molar-refractivity contribution < 1.29 is 61.4 Å². The van der Waals surface area contributed by atoms with Crippen LogP contribution in [0.2, 0.25) is 0 Å². The van der Waals surface area contributed by atoms with Crippen molar-refractivity contribution in [3.8, 4) is 0 Å². The van der Waals surface area contributed by atoms with E-state index in [-0.39, 0.29) is 42.4 Å². The van der Waals surface area contributed by atoms with Crippen molar-refractivity contribution in [2.24, 2.45) is 23.2 Å². The molecule has 12 atom stereocenters. The number of methoxy groups -OCH3 is 3. The van der Waals surface area contributed by atoms with Crippen molar-refractivity contribution in [1.29, 1.82) is 0 Å². The summed E-state index contributed by atoms with van der Waals surface area (Å²) >= 11 is 0. The van der Waals surface area contributed by atoms with Crippen LogP contribution in [0.5, 0.6) is 0 Å². The molecule has 1 aliphatic heterocycles. The molecule has 7 rings (SSSR count). The maximum absolute atomic E-state index is 14.0. The Kier molecular flexibility index (Phi) is 8.63. The van der Waals surface area contributed by atoms with Gasteiger partial charge in [0, 0.05) is 70.4 Å². The Balaban J connectivity index is 0.000000749. The molecule has 268 valence electrons. The van der Waals surface area contributed by atoms with E-state index in [9.17, 15) is 24.9 Å². The Morgan fingerprint density at radius 3 is 2.23 bits per heavy atom. The molecule has 5 aliphatic carbocycles. The van der Waals surface area contributed by atoms with Crippen molar-refractivity contribution in [3.63, 3.8) is 0 Å². The van der Waals surface area contributed by atoms with Gasteiger partial charge in [-0.1, -0.05) is 19.1 Å². The van der Waals surface area contributed by atoms with Gasteiger partial charge in [-0.3, -0.25) is 18.8 Å². The number of rotatable bonds is 7. The highest BCUT2D eigenvalue weighted by Crippen LogP contribution is 2.79. The highest BCUT2D eigenvalue weighted by Gasteiger charge is 2.91. The van der Waals surface area contributed by atoms with Gasteiger partial charge < -0.3 is 39.6 Å². The van der Waals surface area contributed by atoms with Gasteiger partial charge in [0.25, 0.3) is 0 Å². The largest absolute Gasteiger partial charge is 0.454 e. The Morgan fingerprint density at radius 2 is 1.65 bits per heavy atom. The normalized spacial score (nSPS) is 45.2. The monoisotopic (exact) mass is 698 g/mol. The number of benzene rings is 1. The summed E-state index contributed by atoms with van der Waals surface area (Å²) in [6.07, 6.45) is -0.215. The molecule has 1 amide bonds. The second kappa shape index (κ2) is 11.6. The summed E-state index contributed by atoms with van der Waals surface area (Å²) in [5.74, 6) is -2.08. The van der Waals surface area contributed by atoms with E-state index in [0.29, 0.717) is 38.0 Å². The number of hydrogen-bond donors (Lipinski definition) is 6. The van der Waals surface area contributed by atoms with Gasteiger partial charge in [0.05, 0.1) is 23.5 Å². The number of hydrogen-bond acceptors (Lipinski definition) is 12. The molecule has 1 saturated heterocycles. The fourth-order valence-corrected chi connectivity index (χ4v) is 11.6. The minimum absolute atomic E-state index is 0.0723. The van der Waals surface area contributed by atoms with E-state index in [0.717, 1.165) is 0 Å². The molecule has 16 heteroatoms. The standard InChI is InChI=1S/C32H44N2O9.H2O4S/c1-6-34-16-28(43-26(36)18-9-7-8-10-20(18)33-17(2)35)12-11-23(40-3)31-21(28)13-19(25(31)34)30(38)15-24(41-4)29(37)14-22(31)32(30,39)27(29)42-5;1-5(2,3)4/h7-10,19,21-25,27,37-39H,6,11-16H2,1-5H3,(H,33,35);(H2,1,2,3,4)/t19-,21+,22-,23-,24-,25?,27-,28+,29-,30-,31-,32-;/m0./s1. The number of ether oxygens (including phenoxy) is 4. The zero-order chi connectivity index (χ0) is 35.2. The summed E-state index contributed by atoms with van der Waals surface area (Å²) in [5.41, 5.74) is -5.92. The van der Waals surface area contributed by atoms with Crippen LogP contribution < -0.4 is 5.32 Å². The third kappa shape index (κ3) is 4.61. The van der Waals surface area contributed by atoms with Crippen LogP contribution >= 0.6 is 0 Å². The predicted octanol–water partition coefficient (Wildman–Crippen LogP) is 0.684. The second-order valence-corrected chi connectivity index (χ2v) is 15.2. The summed E-state index contributed by atoms with van der Waals surface area (Å²) in [4.78, 5) is 28.3. The summed E-state index contributed by atoms with van der Waals surface area (Å²) in [6, 6.07) is 6.65. The van der Waals surface area contributed by atoms with Crippen molar-refractivity contribution in [3.05, 3.63) is 29.8 Å². The van der Waals surface area contributed by atoms with E-state index >= 15 is 0 Å². The molecular weight excluding hydrogens is 652 g/mol. The molecule has 0 radical (unpaired) electrons. The number of carbonyl (C=O) groups is 2. The van der Waals surface area contributed by atoms with Gasteiger partial charge in [0.1, 0.15) is 28.5 Å². The lowest BCUT2D eigenvalue weighted by atomic mass is 9.44. The number of fused-ring (bicyclic) bond motifs is 2. The molecule has 5 saturated carbocycles. The molecular formula is C32H46N2O13S. The van der Waals surface area contributed by atoms with Crippen molar-refractivity contribution in [2.45, 2.75) is 92.7 Å². The van der Waals surface area contributed by atoms with E-state index < -0.39 is 68.2 Å². The molecule has 48 heavy (non-hydrogen) atoms. The zero-order valence-corrected chi connectivity index (χ0v) is 28.5. The van der Waals surface area contributed by atoms with E-state index in [1.807, 2.05) is 0 Å². The second-order valence-electron chi connectivity index (χ2n) is 14.3. The first-order valence-corrected chi connectivity index (χ1v) is 17.6. The first kappa shape index (κ1) is 35.6. The number of carbonyl (C=O) groups excluding carboxylic acids is 2. The van der Waals surface area contributed by atoms with Gasteiger partial charge in [0.2, 0.25) is 5.91 Å². The van der Waals surface area contributed by atoms with Gasteiger partial charge in [0.15, 0.2) is 0 Å². The Labute approximate surface area is 279 Å². The molecule has 1 spiro atoms. The van der Waals surface area contributed by atoms with Crippen LogP contribution in [0.4, 0.5) is 5.69 Å². The number of aliphatic hydroxyl groups is 3. The van der Waals surface area contributed by atoms with Crippen LogP contribution in [0.15, 0.2) is 24.3 Å². The number of piperidine rings is 1. The van der Waals surface area contributed by atoms with E-state index in [4.69, 9.17) is 36.5 Å². The molecule has 6 aliphatic rings. The molecule has 1 heterocycles. The van der Waals surface area contributed by atoms with E-state index in [2.05, 4.69) is 17.1 Å². The Morgan fingerprint density at radius 1 is 1.00 bits per heavy atom. The molecule has 1 aromatic carbocycles. The number of amides is 1. The molecule has 15 nitrogen and oxygen atoms in total. The van der Waals surface area contributed by atoms with Crippen LogP contribution in [-0.2, 0) is 34.1 Å². The van der Waals surface area contributed by atoms with Crippen LogP contribution in [0.1, 0.15) is 56.3 Å². The zero-order valence-electron chi connectivity index (χ0n) is 27.7. The topological polar surface area (TPSA) is 222 Å².